The number of carbonyl (C=O) groups excluding carboxylic acids is 1. The summed E-state index contributed by atoms with van der Waals surface area (Å²) >= 11 is 3.15. The third kappa shape index (κ3) is 5.74. The molecule has 0 aliphatic heterocycles. The van der Waals surface area contributed by atoms with E-state index in [4.69, 9.17) is 9.72 Å². The van der Waals surface area contributed by atoms with E-state index in [2.05, 4.69) is 44.1 Å². The van der Waals surface area contributed by atoms with Gasteiger partial charge in [0.25, 0.3) is 0 Å². The summed E-state index contributed by atoms with van der Waals surface area (Å²) in [4.78, 5) is 23.1. The van der Waals surface area contributed by atoms with Crippen molar-refractivity contribution in [2.75, 3.05) is 44.9 Å². The molecule has 5 nitrogen and oxygen atoms in total. The van der Waals surface area contributed by atoms with Gasteiger partial charge in [0, 0.05) is 11.4 Å². The maximum Gasteiger partial charge on any atom is 0.239 e. The number of para-hydroxylation sites is 1. The van der Waals surface area contributed by atoms with Gasteiger partial charge in [-0.25, -0.2) is 4.98 Å². The topological polar surface area (TPSA) is 45.7 Å². The molecule has 0 spiro atoms. The predicted octanol–water partition coefficient (Wildman–Crippen LogP) is 4.94. The molecule has 30 heavy (non-hydrogen) atoms. The molecule has 3 rings (SSSR count). The molecule has 0 atom stereocenters. The SMILES string of the molecule is CCc1cccc2sc(N(CCCN(C)C)C(=O)CSc3ccc(OC)cc3)nc12. The van der Waals surface area contributed by atoms with Gasteiger partial charge < -0.3 is 9.64 Å². The largest absolute Gasteiger partial charge is 0.497 e. The van der Waals surface area contributed by atoms with Crippen LogP contribution in [0.15, 0.2) is 47.4 Å². The fourth-order valence-corrected chi connectivity index (χ4v) is 4.99. The molecule has 160 valence electrons. The Hall–Kier alpha value is -2.09. The molecule has 7 heteroatoms. The Balaban J connectivity index is 1.77. The van der Waals surface area contributed by atoms with Gasteiger partial charge in [-0.05, 0) is 69.4 Å². The number of carbonyl (C=O) groups is 1. The van der Waals surface area contributed by atoms with Crippen molar-refractivity contribution in [3.8, 4) is 5.75 Å². The molecule has 0 saturated heterocycles. The molecule has 2 aromatic carbocycles. The number of ether oxygens (including phenoxy) is 1. The molecule has 0 radical (unpaired) electrons. The first kappa shape index (κ1) is 22.6. The van der Waals surface area contributed by atoms with E-state index in [-0.39, 0.29) is 5.91 Å². The lowest BCUT2D eigenvalue weighted by atomic mass is 10.1. The van der Waals surface area contributed by atoms with E-state index in [9.17, 15) is 4.79 Å². The van der Waals surface area contributed by atoms with Crippen LogP contribution in [0.2, 0.25) is 0 Å². The Labute approximate surface area is 187 Å². The smallest absolute Gasteiger partial charge is 0.239 e. The lowest BCUT2D eigenvalue weighted by Crippen LogP contribution is -2.34. The van der Waals surface area contributed by atoms with E-state index in [0.717, 1.165) is 45.4 Å². The van der Waals surface area contributed by atoms with Crippen molar-refractivity contribution in [1.82, 2.24) is 9.88 Å². The second kappa shape index (κ2) is 10.8. The average Bonchev–Trinajstić information content (AvgIpc) is 3.19. The van der Waals surface area contributed by atoms with Gasteiger partial charge in [0.05, 0.1) is 23.1 Å². The molecular weight excluding hydrogens is 414 g/mol. The highest BCUT2D eigenvalue weighted by Crippen LogP contribution is 2.32. The number of hydrogen-bond donors (Lipinski definition) is 0. The molecule has 0 N–H and O–H groups in total. The number of nitrogens with zero attached hydrogens (tertiary/aromatic N) is 3. The highest BCUT2D eigenvalue weighted by molar-refractivity contribution is 8.00. The molecule has 0 unspecified atom stereocenters. The average molecular weight is 444 g/mol. The van der Waals surface area contributed by atoms with Gasteiger partial charge >= 0.3 is 0 Å². The second-order valence-corrected chi connectivity index (χ2v) is 9.34. The molecule has 0 bridgehead atoms. The minimum absolute atomic E-state index is 0.0895. The molecule has 0 fully saturated rings. The standard InChI is InChI=1S/C23H29N3O2S2/c1-5-17-8-6-9-20-22(17)24-23(30-20)26(15-7-14-25(2)3)21(27)16-29-19-12-10-18(28-4)11-13-19/h6,8-13H,5,7,14-16H2,1-4H3. The molecular formula is C23H29N3O2S2. The number of thiazole rings is 1. The zero-order valence-corrected chi connectivity index (χ0v) is 19.7. The highest BCUT2D eigenvalue weighted by atomic mass is 32.2. The maximum atomic E-state index is 13.2. The Morgan fingerprint density at radius 1 is 1.13 bits per heavy atom. The van der Waals surface area contributed by atoms with Crippen molar-refractivity contribution in [2.45, 2.75) is 24.7 Å². The third-order valence-electron chi connectivity index (χ3n) is 4.81. The van der Waals surface area contributed by atoms with Crippen molar-refractivity contribution in [3.05, 3.63) is 48.0 Å². The van der Waals surface area contributed by atoms with E-state index in [0.29, 0.717) is 12.3 Å². The van der Waals surface area contributed by atoms with Crippen LogP contribution in [0.4, 0.5) is 5.13 Å². The fourth-order valence-electron chi connectivity index (χ4n) is 3.16. The summed E-state index contributed by atoms with van der Waals surface area (Å²) < 4.78 is 6.34. The van der Waals surface area contributed by atoms with Gasteiger partial charge in [-0.3, -0.25) is 9.69 Å². The lowest BCUT2D eigenvalue weighted by molar-refractivity contribution is -0.116. The molecule has 0 aliphatic carbocycles. The van der Waals surface area contributed by atoms with E-state index < -0.39 is 0 Å². The first-order valence-electron chi connectivity index (χ1n) is 10.1. The fraction of sp³-hybridized carbons (Fsp3) is 0.391. The Kier molecular flexibility index (Phi) is 8.13. The van der Waals surface area contributed by atoms with Crippen molar-refractivity contribution < 1.29 is 9.53 Å². The van der Waals surface area contributed by atoms with E-state index in [1.807, 2.05) is 29.2 Å². The number of hydrogen-bond acceptors (Lipinski definition) is 6. The highest BCUT2D eigenvalue weighted by Gasteiger charge is 2.20. The Morgan fingerprint density at radius 2 is 1.90 bits per heavy atom. The van der Waals surface area contributed by atoms with Crippen molar-refractivity contribution in [2.24, 2.45) is 0 Å². The molecule has 0 saturated carbocycles. The minimum Gasteiger partial charge on any atom is -0.497 e. The van der Waals surface area contributed by atoms with Gasteiger partial charge in [0.15, 0.2) is 5.13 Å². The third-order valence-corrected chi connectivity index (χ3v) is 6.85. The zero-order chi connectivity index (χ0) is 21.5. The second-order valence-electron chi connectivity index (χ2n) is 7.28. The van der Waals surface area contributed by atoms with Gasteiger partial charge in [-0.1, -0.05) is 30.4 Å². The van der Waals surface area contributed by atoms with Crippen LogP contribution in [0.1, 0.15) is 18.9 Å². The number of amides is 1. The van der Waals surface area contributed by atoms with E-state index >= 15 is 0 Å². The quantitative estimate of drug-likeness (QED) is 0.415. The van der Waals surface area contributed by atoms with Crippen LogP contribution in [0, 0.1) is 0 Å². The van der Waals surface area contributed by atoms with Crippen LogP contribution >= 0.6 is 23.1 Å². The minimum atomic E-state index is 0.0895. The lowest BCUT2D eigenvalue weighted by Gasteiger charge is -2.21. The molecule has 1 aromatic heterocycles. The number of rotatable bonds is 10. The normalized spacial score (nSPS) is 11.2. The van der Waals surface area contributed by atoms with Crippen LogP contribution in [-0.2, 0) is 11.2 Å². The van der Waals surface area contributed by atoms with Gasteiger partial charge in [0.1, 0.15) is 5.75 Å². The monoisotopic (exact) mass is 443 g/mol. The molecule has 1 amide bonds. The summed E-state index contributed by atoms with van der Waals surface area (Å²) in [5.74, 6) is 1.29. The number of aryl methyl sites for hydroxylation is 1. The van der Waals surface area contributed by atoms with Crippen LogP contribution in [0.5, 0.6) is 5.75 Å². The van der Waals surface area contributed by atoms with Gasteiger partial charge in [0.2, 0.25) is 5.91 Å². The molecule has 3 aromatic rings. The summed E-state index contributed by atoms with van der Waals surface area (Å²) in [5, 5.41) is 0.796. The number of benzene rings is 2. The van der Waals surface area contributed by atoms with Gasteiger partial charge in [-0.2, -0.15) is 0 Å². The summed E-state index contributed by atoms with van der Waals surface area (Å²) in [7, 11) is 5.76. The van der Waals surface area contributed by atoms with Crippen LogP contribution in [-0.4, -0.2) is 55.8 Å². The number of methoxy groups -OCH3 is 1. The first-order valence-corrected chi connectivity index (χ1v) is 11.9. The number of anilines is 1. The molecule has 0 aliphatic rings. The van der Waals surface area contributed by atoms with Crippen LogP contribution in [0.25, 0.3) is 10.2 Å². The van der Waals surface area contributed by atoms with Crippen LogP contribution < -0.4 is 9.64 Å². The Bertz CT molecular complexity index is 970. The van der Waals surface area contributed by atoms with E-state index in [1.165, 1.54) is 5.56 Å². The predicted molar refractivity (Wildman–Crippen MR) is 128 cm³/mol. The van der Waals surface area contributed by atoms with Crippen molar-refractivity contribution in [3.63, 3.8) is 0 Å². The number of fused-ring (bicyclic) bond motifs is 1. The summed E-state index contributed by atoms with van der Waals surface area (Å²) in [6, 6.07) is 14.1. The van der Waals surface area contributed by atoms with Crippen molar-refractivity contribution >= 4 is 44.4 Å². The zero-order valence-electron chi connectivity index (χ0n) is 18.1. The summed E-state index contributed by atoms with van der Waals surface area (Å²) in [6.45, 7) is 3.74. The van der Waals surface area contributed by atoms with Crippen LogP contribution in [0.3, 0.4) is 0 Å². The maximum absolute atomic E-state index is 13.2. The number of thioether (sulfide) groups is 1. The van der Waals surface area contributed by atoms with Crippen molar-refractivity contribution in [1.29, 1.82) is 0 Å². The molecule has 1 heterocycles. The Morgan fingerprint density at radius 3 is 2.57 bits per heavy atom. The summed E-state index contributed by atoms with van der Waals surface area (Å²) in [5.41, 5.74) is 2.25. The van der Waals surface area contributed by atoms with Gasteiger partial charge in [-0.15, -0.1) is 11.8 Å². The first-order chi connectivity index (χ1) is 14.5. The number of aromatic nitrogens is 1. The summed E-state index contributed by atoms with van der Waals surface area (Å²) in [6.07, 6.45) is 1.84. The van der Waals surface area contributed by atoms with E-state index in [1.54, 1.807) is 30.2 Å².